The Morgan fingerprint density at radius 2 is 1.97 bits per heavy atom. The lowest BCUT2D eigenvalue weighted by atomic mass is 10.1. The zero-order chi connectivity index (χ0) is 19.6. The molecule has 1 aromatic carbocycles. The molecule has 0 bridgehead atoms. The van der Waals surface area contributed by atoms with Gasteiger partial charge in [0.2, 0.25) is 5.91 Å². The molecule has 162 valence electrons. The van der Waals surface area contributed by atoms with Crippen LogP contribution in [-0.4, -0.2) is 55.6 Å². The largest absolute Gasteiger partial charge is 0.375 e. The summed E-state index contributed by atoms with van der Waals surface area (Å²) in [6, 6.07) is 10.4. The number of amides is 1. The predicted molar refractivity (Wildman–Crippen MR) is 128 cm³/mol. The monoisotopic (exact) mass is 514 g/mol. The summed E-state index contributed by atoms with van der Waals surface area (Å²) in [4.78, 5) is 19.3. The van der Waals surface area contributed by atoms with E-state index in [-0.39, 0.29) is 35.9 Å². The SMILES string of the molecule is CCNC(=NCCOCc1ccccc1)NC1CCN(C(=O)C2CCCC2)C1.I. The van der Waals surface area contributed by atoms with Crippen molar-refractivity contribution in [3.05, 3.63) is 35.9 Å². The van der Waals surface area contributed by atoms with E-state index in [1.165, 1.54) is 18.4 Å². The molecule has 3 rings (SSSR count). The smallest absolute Gasteiger partial charge is 0.225 e. The summed E-state index contributed by atoms with van der Waals surface area (Å²) in [5.41, 5.74) is 1.18. The number of aliphatic imine (C=N–C) groups is 1. The Morgan fingerprint density at radius 3 is 2.69 bits per heavy atom. The van der Waals surface area contributed by atoms with Crippen LogP contribution in [0.1, 0.15) is 44.6 Å². The first-order valence-electron chi connectivity index (χ1n) is 10.7. The second-order valence-electron chi connectivity index (χ2n) is 7.69. The van der Waals surface area contributed by atoms with Crippen molar-refractivity contribution in [2.24, 2.45) is 10.9 Å². The van der Waals surface area contributed by atoms with Crippen LogP contribution >= 0.6 is 24.0 Å². The fourth-order valence-corrected chi connectivity index (χ4v) is 4.01. The highest BCUT2D eigenvalue weighted by atomic mass is 127. The number of carbonyl (C=O) groups is 1. The number of benzene rings is 1. The van der Waals surface area contributed by atoms with Gasteiger partial charge in [-0.1, -0.05) is 43.2 Å². The van der Waals surface area contributed by atoms with Crippen molar-refractivity contribution < 1.29 is 9.53 Å². The van der Waals surface area contributed by atoms with E-state index in [0.717, 1.165) is 44.9 Å². The third kappa shape index (κ3) is 7.77. The Labute approximate surface area is 191 Å². The molecule has 0 spiro atoms. The fraction of sp³-hybridized carbons (Fsp3) is 0.636. The molecule has 29 heavy (non-hydrogen) atoms. The second-order valence-corrected chi connectivity index (χ2v) is 7.69. The Morgan fingerprint density at radius 1 is 1.21 bits per heavy atom. The minimum absolute atomic E-state index is 0. The maximum Gasteiger partial charge on any atom is 0.225 e. The zero-order valence-corrected chi connectivity index (χ0v) is 19.8. The van der Waals surface area contributed by atoms with Gasteiger partial charge in [-0.15, -0.1) is 24.0 Å². The summed E-state index contributed by atoms with van der Waals surface area (Å²) in [6.45, 7) is 6.32. The number of likely N-dealkylation sites (tertiary alicyclic amines) is 1. The molecule has 1 saturated carbocycles. The van der Waals surface area contributed by atoms with Crippen LogP contribution in [0, 0.1) is 5.92 Å². The molecule has 1 heterocycles. The Balaban J connectivity index is 0.00000300. The van der Waals surface area contributed by atoms with E-state index in [4.69, 9.17) is 4.74 Å². The first-order valence-corrected chi connectivity index (χ1v) is 10.7. The van der Waals surface area contributed by atoms with Crippen molar-refractivity contribution in [1.29, 1.82) is 0 Å². The third-order valence-corrected chi connectivity index (χ3v) is 5.51. The van der Waals surface area contributed by atoms with Crippen LogP contribution in [0.3, 0.4) is 0 Å². The summed E-state index contributed by atoms with van der Waals surface area (Å²) in [5, 5.41) is 6.79. The lowest BCUT2D eigenvalue weighted by Crippen LogP contribution is -2.45. The van der Waals surface area contributed by atoms with Gasteiger partial charge < -0.3 is 20.3 Å². The van der Waals surface area contributed by atoms with Crippen LogP contribution in [0.4, 0.5) is 0 Å². The number of hydrogen-bond acceptors (Lipinski definition) is 3. The standard InChI is InChI=1S/C22H34N4O2.HI/c1-2-23-22(24-13-15-28-17-18-8-4-3-5-9-18)25-20-12-14-26(16-20)21(27)19-10-6-7-11-19;/h3-5,8-9,19-20H,2,6-7,10-17H2,1H3,(H2,23,24,25);1H. The molecule has 1 aliphatic carbocycles. The Hall–Kier alpha value is -1.35. The Kier molecular flexibility index (Phi) is 10.8. The van der Waals surface area contributed by atoms with Crippen LogP contribution in [-0.2, 0) is 16.1 Å². The van der Waals surface area contributed by atoms with Gasteiger partial charge in [-0.05, 0) is 31.7 Å². The van der Waals surface area contributed by atoms with Crippen LogP contribution in [0.25, 0.3) is 0 Å². The molecule has 1 amide bonds. The van der Waals surface area contributed by atoms with Gasteiger partial charge in [0.25, 0.3) is 0 Å². The minimum Gasteiger partial charge on any atom is -0.375 e. The molecular weight excluding hydrogens is 479 g/mol. The molecule has 2 fully saturated rings. The quantitative estimate of drug-likeness (QED) is 0.242. The van der Waals surface area contributed by atoms with Crippen molar-refractivity contribution in [2.45, 2.75) is 51.7 Å². The van der Waals surface area contributed by atoms with E-state index in [1.54, 1.807) is 0 Å². The van der Waals surface area contributed by atoms with Crippen LogP contribution < -0.4 is 10.6 Å². The molecule has 2 N–H and O–H groups in total. The van der Waals surface area contributed by atoms with E-state index in [1.807, 2.05) is 23.1 Å². The molecule has 0 radical (unpaired) electrons. The summed E-state index contributed by atoms with van der Waals surface area (Å²) in [5.74, 6) is 1.44. The van der Waals surface area contributed by atoms with Gasteiger partial charge in [0.05, 0.1) is 19.8 Å². The van der Waals surface area contributed by atoms with Crippen molar-refractivity contribution >= 4 is 35.8 Å². The summed E-state index contributed by atoms with van der Waals surface area (Å²) < 4.78 is 5.71. The van der Waals surface area contributed by atoms with Gasteiger partial charge in [-0.25, -0.2) is 0 Å². The first kappa shape index (κ1) is 23.9. The number of nitrogens with one attached hydrogen (secondary N) is 2. The topological polar surface area (TPSA) is 66.0 Å². The van der Waals surface area contributed by atoms with Gasteiger partial charge in [0.15, 0.2) is 5.96 Å². The van der Waals surface area contributed by atoms with Gasteiger partial charge in [0.1, 0.15) is 0 Å². The average molecular weight is 514 g/mol. The van der Waals surface area contributed by atoms with E-state index in [0.29, 0.717) is 25.7 Å². The van der Waals surface area contributed by atoms with Gasteiger partial charge in [-0.3, -0.25) is 9.79 Å². The van der Waals surface area contributed by atoms with Crippen LogP contribution in [0.2, 0.25) is 0 Å². The normalized spacial score (nSPS) is 19.8. The molecule has 7 heteroatoms. The lowest BCUT2D eigenvalue weighted by Gasteiger charge is -2.21. The summed E-state index contributed by atoms with van der Waals surface area (Å²) in [7, 11) is 0. The number of ether oxygens (including phenoxy) is 1. The highest BCUT2D eigenvalue weighted by molar-refractivity contribution is 14.0. The highest BCUT2D eigenvalue weighted by Gasteiger charge is 2.32. The van der Waals surface area contributed by atoms with Gasteiger partial charge >= 0.3 is 0 Å². The number of carbonyl (C=O) groups excluding carboxylic acids is 1. The first-order chi connectivity index (χ1) is 13.8. The molecule has 1 unspecified atom stereocenters. The Bertz CT molecular complexity index is 635. The maximum absolute atomic E-state index is 12.6. The van der Waals surface area contributed by atoms with E-state index in [2.05, 4.69) is 34.7 Å². The molecule has 1 aliphatic heterocycles. The molecule has 1 aromatic rings. The third-order valence-electron chi connectivity index (χ3n) is 5.51. The molecule has 1 atom stereocenters. The number of nitrogens with zero attached hydrogens (tertiary/aromatic N) is 2. The minimum atomic E-state index is 0. The molecule has 0 aromatic heterocycles. The van der Waals surface area contributed by atoms with E-state index >= 15 is 0 Å². The van der Waals surface area contributed by atoms with Crippen LogP contribution in [0.15, 0.2) is 35.3 Å². The number of halogens is 1. The zero-order valence-electron chi connectivity index (χ0n) is 17.4. The maximum atomic E-state index is 12.6. The molecular formula is C22H35IN4O2. The van der Waals surface area contributed by atoms with Gasteiger partial charge in [-0.2, -0.15) is 0 Å². The molecule has 6 nitrogen and oxygen atoms in total. The number of hydrogen-bond donors (Lipinski definition) is 2. The highest BCUT2D eigenvalue weighted by Crippen LogP contribution is 2.27. The van der Waals surface area contributed by atoms with Crippen molar-refractivity contribution in [3.63, 3.8) is 0 Å². The molecule has 1 saturated heterocycles. The van der Waals surface area contributed by atoms with E-state index < -0.39 is 0 Å². The predicted octanol–water partition coefficient (Wildman–Crippen LogP) is 3.17. The van der Waals surface area contributed by atoms with Crippen molar-refractivity contribution in [1.82, 2.24) is 15.5 Å². The summed E-state index contributed by atoms with van der Waals surface area (Å²) >= 11 is 0. The lowest BCUT2D eigenvalue weighted by molar-refractivity contribution is -0.134. The van der Waals surface area contributed by atoms with Crippen molar-refractivity contribution in [2.75, 3.05) is 32.8 Å². The summed E-state index contributed by atoms with van der Waals surface area (Å²) in [6.07, 6.45) is 5.53. The average Bonchev–Trinajstić information content (AvgIpc) is 3.40. The second kappa shape index (κ2) is 13.1. The number of rotatable bonds is 8. The molecule has 2 aliphatic rings. The van der Waals surface area contributed by atoms with E-state index in [9.17, 15) is 4.79 Å². The van der Waals surface area contributed by atoms with Crippen molar-refractivity contribution in [3.8, 4) is 0 Å². The fourth-order valence-electron chi connectivity index (χ4n) is 4.01. The number of guanidine groups is 1. The van der Waals surface area contributed by atoms with Crippen LogP contribution in [0.5, 0.6) is 0 Å². The van der Waals surface area contributed by atoms with Gasteiger partial charge in [0, 0.05) is 31.6 Å².